The van der Waals surface area contributed by atoms with Gasteiger partial charge >= 0.3 is 0 Å². The van der Waals surface area contributed by atoms with Crippen LogP contribution in [-0.2, 0) is 0 Å². The van der Waals surface area contributed by atoms with E-state index in [2.05, 4.69) is 9.97 Å². The molecule has 1 saturated carbocycles. The molecule has 0 spiro atoms. The predicted molar refractivity (Wildman–Crippen MR) is 74.2 cm³/mol. The standard InChI is InChI=1S/C14H12Cl2N2/c1-8-4-2-3-5-10(8)11-12(15)17-14(9-6-7-9)18-13(11)16/h2-5,9H,6-7H2,1H3. The first kappa shape index (κ1) is 11.9. The van der Waals surface area contributed by atoms with Crippen LogP contribution in [0, 0.1) is 6.92 Å². The van der Waals surface area contributed by atoms with Crippen LogP contribution >= 0.6 is 23.2 Å². The van der Waals surface area contributed by atoms with Gasteiger partial charge in [-0.15, -0.1) is 0 Å². The Balaban J connectivity index is 2.15. The second-order valence-corrected chi connectivity index (χ2v) is 5.34. The van der Waals surface area contributed by atoms with Gasteiger partial charge in [0.25, 0.3) is 0 Å². The SMILES string of the molecule is Cc1ccccc1-c1c(Cl)nc(C2CC2)nc1Cl. The second-order valence-electron chi connectivity index (χ2n) is 4.63. The quantitative estimate of drug-likeness (QED) is 0.748. The molecule has 0 aliphatic heterocycles. The number of nitrogens with zero attached hydrogens (tertiary/aromatic N) is 2. The Morgan fingerprint density at radius 3 is 2.22 bits per heavy atom. The van der Waals surface area contributed by atoms with Gasteiger partial charge in [0.15, 0.2) is 0 Å². The number of aromatic nitrogens is 2. The molecule has 1 aliphatic carbocycles. The molecule has 3 rings (SSSR count). The number of aryl methyl sites for hydroxylation is 1. The first-order valence-electron chi connectivity index (χ1n) is 5.95. The topological polar surface area (TPSA) is 25.8 Å². The van der Waals surface area contributed by atoms with Crippen molar-refractivity contribution in [3.63, 3.8) is 0 Å². The molecule has 0 unspecified atom stereocenters. The minimum absolute atomic E-state index is 0.450. The summed E-state index contributed by atoms with van der Waals surface area (Å²) in [5, 5.41) is 0.900. The smallest absolute Gasteiger partial charge is 0.142 e. The van der Waals surface area contributed by atoms with E-state index >= 15 is 0 Å². The van der Waals surface area contributed by atoms with E-state index < -0.39 is 0 Å². The largest absolute Gasteiger partial charge is 0.220 e. The van der Waals surface area contributed by atoms with Crippen molar-refractivity contribution in [2.24, 2.45) is 0 Å². The highest BCUT2D eigenvalue weighted by Crippen LogP contribution is 2.41. The lowest BCUT2D eigenvalue weighted by molar-refractivity contribution is 0.929. The lowest BCUT2D eigenvalue weighted by atomic mass is 10.0. The van der Waals surface area contributed by atoms with E-state index in [1.807, 2.05) is 31.2 Å². The second kappa shape index (κ2) is 4.52. The van der Waals surface area contributed by atoms with Crippen molar-refractivity contribution >= 4 is 23.2 Å². The number of hydrogen-bond acceptors (Lipinski definition) is 2. The van der Waals surface area contributed by atoms with Crippen molar-refractivity contribution in [2.45, 2.75) is 25.7 Å². The zero-order chi connectivity index (χ0) is 12.7. The van der Waals surface area contributed by atoms with E-state index in [-0.39, 0.29) is 0 Å². The summed E-state index contributed by atoms with van der Waals surface area (Å²) in [5.74, 6) is 1.23. The summed E-state index contributed by atoms with van der Waals surface area (Å²) in [6.07, 6.45) is 2.27. The summed E-state index contributed by atoms with van der Waals surface area (Å²) in [6.45, 7) is 2.02. The van der Waals surface area contributed by atoms with Crippen LogP contribution in [0.4, 0.5) is 0 Å². The first-order chi connectivity index (χ1) is 8.66. The fourth-order valence-electron chi connectivity index (χ4n) is 2.02. The van der Waals surface area contributed by atoms with Gasteiger partial charge in [-0.2, -0.15) is 0 Å². The van der Waals surface area contributed by atoms with Gasteiger partial charge in [0.05, 0.1) is 5.56 Å². The fourth-order valence-corrected chi connectivity index (χ4v) is 2.63. The van der Waals surface area contributed by atoms with Crippen LogP contribution in [0.15, 0.2) is 24.3 Å². The minimum Gasteiger partial charge on any atom is -0.220 e. The molecule has 0 radical (unpaired) electrons. The fraction of sp³-hybridized carbons (Fsp3) is 0.286. The molecular formula is C14H12Cl2N2. The number of hydrogen-bond donors (Lipinski definition) is 0. The Morgan fingerprint density at radius 2 is 1.67 bits per heavy atom. The zero-order valence-electron chi connectivity index (χ0n) is 9.95. The Kier molecular flexibility index (Phi) is 3.00. The van der Waals surface area contributed by atoms with Crippen LogP contribution in [-0.4, -0.2) is 9.97 Å². The summed E-state index contributed by atoms with van der Waals surface area (Å²) in [5.41, 5.74) is 2.85. The average molecular weight is 279 g/mol. The highest BCUT2D eigenvalue weighted by Gasteiger charge is 2.28. The third-order valence-electron chi connectivity index (χ3n) is 3.19. The summed E-state index contributed by atoms with van der Waals surface area (Å²) in [4.78, 5) is 8.77. The maximum Gasteiger partial charge on any atom is 0.142 e. The molecule has 0 bridgehead atoms. The normalized spacial score (nSPS) is 14.8. The van der Waals surface area contributed by atoms with Crippen molar-refractivity contribution in [3.05, 3.63) is 46.0 Å². The van der Waals surface area contributed by atoms with E-state index in [4.69, 9.17) is 23.2 Å². The molecule has 1 aromatic heterocycles. The van der Waals surface area contributed by atoms with Gasteiger partial charge in [-0.3, -0.25) is 0 Å². The maximum atomic E-state index is 6.28. The number of benzene rings is 1. The third kappa shape index (κ3) is 2.11. The molecule has 92 valence electrons. The lowest BCUT2D eigenvalue weighted by Gasteiger charge is -2.10. The molecule has 0 N–H and O–H groups in total. The molecule has 0 atom stereocenters. The van der Waals surface area contributed by atoms with Crippen molar-refractivity contribution in [1.29, 1.82) is 0 Å². The minimum atomic E-state index is 0.450. The van der Waals surface area contributed by atoms with Crippen LogP contribution in [0.3, 0.4) is 0 Å². The van der Waals surface area contributed by atoms with Crippen LogP contribution in [0.25, 0.3) is 11.1 Å². The van der Waals surface area contributed by atoms with Crippen molar-refractivity contribution in [1.82, 2.24) is 9.97 Å². The van der Waals surface area contributed by atoms with Gasteiger partial charge in [-0.25, -0.2) is 9.97 Å². The molecule has 2 aromatic rings. The number of halogens is 2. The molecule has 2 nitrogen and oxygen atoms in total. The summed E-state index contributed by atoms with van der Waals surface area (Å²) < 4.78 is 0. The maximum absolute atomic E-state index is 6.28. The van der Waals surface area contributed by atoms with E-state index in [9.17, 15) is 0 Å². The Bertz CT molecular complexity index is 583. The van der Waals surface area contributed by atoms with Gasteiger partial charge in [0.1, 0.15) is 16.1 Å². The number of rotatable bonds is 2. The molecule has 18 heavy (non-hydrogen) atoms. The molecule has 4 heteroatoms. The van der Waals surface area contributed by atoms with Crippen molar-refractivity contribution in [3.8, 4) is 11.1 Å². The van der Waals surface area contributed by atoms with Crippen molar-refractivity contribution < 1.29 is 0 Å². The zero-order valence-corrected chi connectivity index (χ0v) is 11.5. The average Bonchev–Trinajstić information content (AvgIpc) is 3.14. The van der Waals surface area contributed by atoms with Crippen LogP contribution in [0.1, 0.15) is 30.1 Å². The molecule has 1 aliphatic rings. The first-order valence-corrected chi connectivity index (χ1v) is 6.71. The van der Waals surface area contributed by atoms with Gasteiger partial charge in [-0.05, 0) is 30.9 Å². The van der Waals surface area contributed by atoms with E-state index in [0.29, 0.717) is 16.2 Å². The van der Waals surface area contributed by atoms with Gasteiger partial charge in [0.2, 0.25) is 0 Å². The highest BCUT2D eigenvalue weighted by molar-refractivity contribution is 6.37. The van der Waals surface area contributed by atoms with Gasteiger partial charge in [-0.1, -0.05) is 47.5 Å². The highest BCUT2D eigenvalue weighted by atomic mass is 35.5. The molecule has 0 amide bonds. The molecule has 1 fully saturated rings. The molecular weight excluding hydrogens is 267 g/mol. The van der Waals surface area contributed by atoms with Crippen LogP contribution < -0.4 is 0 Å². The monoisotopic (exact) mass is 278 g/mol. The molecule has 0 saturated heterocycles. The third-order valence-corrected chi connectivity index (χ3v) is 3.74. The van der Waals surface area contributed by atoms with E-state index in [0.717, 1.165) is 35.4 Å². The predicted octanol–water partition coefficient (Wildman–Crippen LogP) is 4.64. The van der Waals surface area contributed by atoms with Crippen LogP contribution in [0.5, 0.6) is 0 Å². The summed E-state index contributed by atoms with van der Waals surface area (Å²) in [6, 6.07) is 7.96. The van der Waals surface area contributed by atoms with E-state index in [1.54, 1.807) is 0 Å². The van der Waals surface area contributed by atoms with E-state index in [1.165, 1.54) is 0 Å². The van der Waals surface area contributed by atoms with Crippen LogP contribution in [0.2, 0.25) is 10.3 Å². The summed E-state index contributed by atoms with van der Waals surface area (Å²) >= 11 is 12.6. The lowest BCUT2D eigenvalue weighted by Crippen LogP contribution is -1.97. The Morgan fingerprint density at radius 1 is 1.06 bits per heavy atom. The van der Waals surface area contributed by atoms with Crippen molar-refractivity contribution in [2.75, 3.05) is 0 Å². The van der Waals surface area contributed by atoms with Gasteiger partial charge < -0.3 is 0 Å². The van der Waals surface area contributed by atoms with Gasteiger partial charge in [0, 0.05) is 5.92 Å². The molecule has 1 heterocycles. The Hall–Kier alpha value is -1.12. The molecule has 1 aromatic carbocycles. The summed E-state index contributed by atoms with van der Waals surface area (Å²) in [7, 11) is 0. The Labute approximate surface area is 116 Å².